The number of nitrogens with one attached hydrogen (secondary N) is 1. The van der Waals surface area contributed by atoms with Gasteiger partial charge in [0.05, 0.1) is 5.02 Å². The van der Waals surface area contributed by atoms with Crippen LogP contribution in [0.3, 0.4) is 0 Å². The smallest absolute Gasteiger partial charge is 0.255 e. The lowest BCUT2D eigenvalue weighted by atomic mass is 10.2. The average molecular weight is 343 g/mol. The lowest BCUT2D eigenvalue weighted by Crippen LogP contribution is -2.11. The van der Waals surface area contributed by atoms with E-state index in [2.05, 4.69) is 21.2 Å². The molecule has 0 radical (unpaired) electrons. The molecule has 0 saturated carbocycles. The second kappa shape index (κ2) is 6.17. The lowest BCUT2D eigenvalue weighted by molar-refractivity contribution is 0.102. The van der Waals surface area contributed by atoms with Crippen LogP contribution < -0.4 is 5.32 Å². The summed E-state index contributed by atoms with van der Waals surface area (Å²) in [7, 11) is 0. The Morgan fingerprint density at radius 1 is 1.21 bits per heavy atom. The Morgan fingerprint density at radius 2 is 1.89 bits per heavy atom. The van der Waals surface area contributed by atoms with Crippen LogP contribution in [0.2, 0.25) is 5.02 Å². The molecule has 0 aromatic heterocycles. The average Bonchev–Trinajstić information content (AvgIpc) is 2.42. The second-order valence-electron chi connectivity index (χ2n) is 3.91. The molecule has 0 bridgehead atoms. The summed E-state index contributed by atoms with van der Waals surface area (Å²) in [6.45, 7) is 0. The first-order chi connectivity index (χ1) is 9.10. The fourth-order valence-electron chi connectivity index (χ4n) is 1.52. The fraction of sp³-hybridized carbons (Fsp3) is 0.0714. The van der Waals surface area contributed by atoms with Gasteiger partial charge in [0.15, 0.2) is 0 Å². The SMILES string of the molecule is O=C(Nc1ccc(CBr)cc1)c1ccc(F)c(Cl)c1. The highest BCUT2D eigenvalue weighted by Gasteiger charge is 2.08. The summed E-state index contributed by atoms with van der Waals surface area (Å²) in [4.78, 5) is 11.9. The number of rotatable bonds is 3. The molecule has 2 nitrogen and oxygen atoms in total. The van der Waals surface area contributed by atoms with E-state index in [0.717, 1.165) is 10.9 Å². The highest BCUT2D eigenvalue weighted by atomic mass is 79.9. The predicted molar refractivity (Wildman–Crippen MR) is 78.4 cm³/mol. The van der Waals surface area contributed by atoms with E-state index in [0.29, 0.717) is 11.3 Å². The van der Waals surface area contributed by atoms with Crippen molar-refractivity contribution in [2.24, 2.45) is 0 Å². The first-order valence-corrected chi connectivity index (χ1v) is 7.01. The van der Waals surface area contributed by atoms with Crippen molar-refractivity contribution in [2.45, 2.75) is 5.33 Å². The van der Waals surface area contributed by atoms with Crippen LogP contribution in [0.1, 0.15) is 15.9 Å². The van der Waals surface area contributed by atoms with E-state index in [1.807, 2.05) is 12.1 Å². The van der Waals surface area contributed by atoms with E-state index in [9.17, 15) is 9.18 Å². The minimum atomic E-state index is -0.542. The zero-order chi connectivity index (χ0) is 13.8. The van der Waals surface area contributed by atoms with Crippen LogP contribution in [0.5, 0.6) is 0 Å². The predicted octanol–water partition coefficient (Wildman–Crippen LogP) is 4.63. The zero-order valence-electron chi connectivity index (χ0n) is 9.79. The van der Waals surface area contributed by atoms with Crippen LogP contribution in [0.25, 0.3) is 0 Å². The van der Waals surface area contributed by atoms with E-state index in [1.54, 1.807) is 12.1 Å². The highest BCUT2D eigenvalue weighted by Crippen LogP contribution is 2.18. The Kier molecular flexibility index (Phi) is 4.56. The van der Waals surface area contributed by atoms with E-state index >= 15 is 0 Å². The topological polar surface area (TPSA) is 29.1 Å². The minimum absolute atomic E-state index is 0.0673. The quantitative estimate of drug-likeness (QED) is 0.810. The molecular formula is C14H10BrClFNO. The number of hydrogen-bond acceptors (Lipinski definition) is 1. The number of hydrogen-bond donors (Lipinski definition) is 1. The van der Waals surface area contributed by atoms with Crippen molar-refractivity contribution < 1.29 is 9.18 Å². The third-order valence-electron chi connectivity index (χ3n) is 2.55. The Morgan fingerprint density at radius 3 is 2.47 bits per heavy atom. The Bertz CT molecular complexity index is 601. The molecule has 0 aliphatic heterocycles. The van der Waals surface area contributed by atoms with E-state index in [4.69, 9.17) is 11.6 Å². The molecule has 2 aromatic rings. The maximum absolute atomic E-state index is 13.0. The molecule has 2 rings (SSSR count). The lowest BCUT2D eigenvalue weighted by Gasteiger charge is -2.06. The van der Waals surface area contributed by atoms with Gasteiger partial charge in [-0.3, -0.25) is 4.79 Å². The molecular weight excluding hydrogens is 333 g/mol. The van der Waals surface area contributed by atoms with Gasteiger partial charge in [-0.15, -0.1) is 0 Å². The molecule has 0 atom stereocenters. The van der Waals surface area contributed by atoms with Gasteiger partial charge in [-0.05, 0) is 35.9 Å². The first-order valence-electron chi connectivity index (χ1n) is 5.51. The van der Waals surface area contributed by atoms with Crippen molar-refractivity contribution in [3.8, 4) is 0 Å². The van der Waals surface area contributed by atoms with Gasteiger partial charge in [-0.1, -0.05) is 39.7 Å². The summed E-state index contributed by atoms with van der Waals surface area (Å²) in [6, 6.07) is 11.3. The van der Waals surface area contributed by atoms with Crippen molar-refractivity contribution in [1.29, 1.82) is 0 Å². The van der Waals surface area contributed by atoms with Crippen molar-refractivity contribution >= 4 is 39.1 Å². The summed E-state index contributed by atoms with van der Waals surface area (Å²) >= 11 is 8.99. The number of halogens is 3. The maximum Gasteiger partial charge on any atom is 0.255 e. The highest BCUT2D eigenvalue weighted by molar-refractivity contribution is 9.08. The Labute approximate surface area is 123 Å². The summed E-state index contributed by atoms with van der Waals surface area (Å²) in [6.07, 6.45) is 0. The van der Waals surface area contributed by atoms with Gasteiger partial charge in [0.1, 0.15) is 5.82 Å². The first kappa shape index (κ1) is 14.0. The third-order valence-corrected chi connectivity index (χ3v) is 3.49. The van der Waals surface area contributed by atoms with Crippen LogP contribution in [-0.4, -0.2) is 5.91 Å². The van der Waals surface area contributed by atoms with Crippen LogP contribution >= 0.6 is 27.5 Å². The van der Waals surface area contributed by atoms with Gasteiger partial charge in [-0.25, -0.2) is 4.39 Å². The van der Waals surface area contributed by atoms with Crippen LogP contribution in [0.15, 0.2) is 42.5 Å². The van der Waals surface area contributed by atoms with Crippen LogP contribution in [0.4, 0.5) is 10.1 Å². The van der Waals surface area contributed by atoms with Gasteiger partial charge >= 0.3 is 0 Å². The standard InChI is InChI=1S/C14H10BrClFNO/c15-8-9-1-4-11(5-2-9)18-14(19)10-3-6-13(17)12(16)7-10/h1-7H,8H2,(H,18,19). The summed E-state index contributed by atoms with van der Waals surface area (Å²) in [5.74, 6) is -0.867. The number of alkyl halides is 1. The van der Waals surface area contributed by atoms with Gasteiger partial charge < -0.3 is 5.32 Å². The van der Waals surface area contributed by atoms with Crippen molar-refractivity contribution in [3.05, 3.63) is 64.4 Å². The Hall–Kier alpha value is -1.39. The van der Waals surface area contributed by atoms with Gasteiger partial charge in [0.2, 0.25) is 0 Å². The zero-order valence-corrected chi connectivity index (χ0v) is 12.1. The Balaban J connectivity index is 2.13. The monoisotopic (exact) mass is 341 g/mol. The number of carbonyl (C=O) groups excluding carboxylic acids is 1. The van der Waals surface area contributed by atoms with Gasteiger partial charge in [0, 0.05) is 16.6 Å². The van der Waals surface area contributed by atoms with Crippen molar-refractivity contribution in [1.82, 2.24) is 0 Å². The molecule has 0 heterocycles. The van der Waals surface area contributed by atoms with Crippen molar-refractivity contribution in [3.63, 3.8) is 0 Å². The molecule has 0 fully saturated rings. The molecule has 0 spiro atoms. The molecule has 2 aromatic carbocycles. The molecule has 0 unspecified atom stereocenters. The summed E-state index contributed by atoms with van der Waals surface area (Å²) < 4.78 is 13.0. The fourth-order valence-corrected chi connectivity index (χ4v) is 2.07. The van der Waals surface area contributed by atoms with Crippen molar-refractivity contribution in [2.75, 3.05) is 5.32 Å². The molecule has 98 valence electrons. The van der Waals surface area contributed by atoms with E-state index in [-0.39, 0.29) is 10.9 Å². The van der Waals surface area contributed by atoms with Crippen LogP contribution in [0, 0.1) is 5.82 Å². The van der Waals surface area contributed by atoms with E-state index in [1.165, 1.54) is 18.2 Å². The number of anilines is 1. The normalized spacial score (nSPS) is 10.3. The number of amides is 1. The molecule has 5 heteroatoms. The maximum atomic E-state index is 13.0. The minimum Gasteiger partial charge on any atom is -0.322 e. The number of benzene rings is 2. The second-order valence-corrected chi connectivity index (χ2v) is 4.88. The van der Waals surface area contributed by atoms with E-state index < -0.39 is 5.82 Å². The largest absolute Gasteiger partial charge is 0.322 e. The summed E-state index contributed by atoms with van der Waals surface area (Å²) in [5, 5.41) is 3.41. The van der Waals surface area contributed by atoms with Gasteiger partial charge in [0.25, 0.3) is 5.91 Å². The molecule has 19 heavy (non-hydrogen) atoms. The molecule has 0 aliphatic rings. The van der Waals surface area contributed by atoms with Gasteiger partial charge in [-0.2, -0.15) is 0 Å². The number of carbonyl (C=O) groups is 1. The third kappa shape index (κ3) is 3.55. The molecule has 0 saturated heterocycles. The molecule has 1 amide bonds. The molecule has 1 N–H and O–H groups in total. The molecule has 0 aliphatic carbocycles. The van der Waals surface area contributed by atoms with Crippen LogP contribution in [-0.2, 0) is 5.33 Å². The summed E-state index contributed by atoms with van der Waals surface area (Å²) in [5.41, 5.74) is 2.11.